The minimum Gasteiger partial charge on any atom is -0.454 e. The van der Waals surface area contributed by atoms with E-state index in [1.54, 1.807) is 24.8 Å². The van der Waals surface area contributed by atoms with E-state index in [2.05, 4.69) is 47.0 Å². The predicted octanol–water partition coefficient (Wildman–Crippen LogP) is 4.17. The summed E-state index contributed by atoms with van der Waals surface area (Å²) in [5.41, 5.74) is 0.395. The number of carbonyl (C=O) groups is 5. The van der Waals surface area contributed by atoms with Gasteiger partial charge in [-0.25, -0.2) is 9.59 Å². The summed E-state index contributed by atoms with van der Waals surface area (Å²) in [7, 11) is -2.29. The van der Waals surface area contributed by atoms with Gasteiger partial charge in [-0.2, -0.15) is 0 Å². The van der Waals surface area contributed by atoms with Gasteiger partial charge in [-0.1, -0.05) is 52.2 Å². The van der Waals surface area contributed by atoms with Crippen LogP contribution in [0, 0.1) is 5.92 Å². The highest BCUT2D eigenvalue weighted by Gasteiger charge is 2.56. The molecule has 2 aliphatic heterocycles. The fourth-order valence-electron chi connectivity index (χ4n) is 4.70. The van der Waals surface area contributed by atoms with E-state index in [9.17, 15) is 24.0 Å². The molecule has 0 saturated carbocycles. The van der Waals surface area contributed by atoms with Crippen LogP contribution in [0.1, 0.15) is 53.9 Å². The lowest BCUT2D eigenvalue weighted by atomic mass is 9.79. The Morgan fingerprint density at radius 2 is 1.70 bits per heavy atom. The van der Waals surface area contributed by atoms with Gasteiger partial charge in [0.25, 0.3) is 0 Å². The van der Waals surface area contributed by atoms with E-state index in [1.165, 1.54) is 12.2 Å². The third-order valence-corrected chi connectivity index (χ3v) is 12.5. The molecule has 0 unspecified atom stereocenters. The monoisotopic (exact) mass is 576 g/mol. The smallest absolute Gasteiger partial charge is 0.410 e. The van der Waals surface area contributed by atoms with Gasteiger partial charge < -0.3 is 18.8 Å². The Bertz CT molecular complexity index is 1060. The van der Waals surface area contributed by atoms with Crippen LogP contribution in [0.4, 0.5) is 4.79 Å². The summed E-state index contributed by atoms with van der Waals surface area (Å²) in [4.78, 5) is 66.6. The number of esters is 1. The maximum Gasteiger partial charge on any atom is 0.410 e. The van der Waals surface area contributed by atoms with Crippen LogP contribution < -0.4 is 0 Å². The molecule has 0 radical (unpaired) electrons. The molecule has 11 heteroatoms. The molecular formula is C29H44N2O8Si. The molecule has 222 valence electrons. The number of Topliss-reactive ketones (excluding diaryl/α,β-unsaturated/α-hetero) is 1. The lowest BCUT2D eigenvalue weighted by molar-refractivity contribution is -0.179. The molecule has 10 nitrogen and oxygen atoms in total. The van der Waals surface area contributed by atoms with Crippen molar-refractivity contribution in [2.24, 2.45) is 5.92 Å². The molecule has 0 N–H and O–H groups in total. The molecule has 0 aliphatic carbocycles. The van der Waals surface area contributed by atoms with Crippen LogP contribution in [-0.2, 0) is 33.1 Å². The molecule has 0 aromatic carbocycles. The molecular weight excluding hydrogens is 532 g/mol. The van der Waals surface area contributed by atoms with Gasteiger partial charge in [0.15, 0.2) is 14.1 Å². The SMILES string of the molecule is C=CCOC(=O)C(=O)N1C(=O)[C@H]([C@@H](C)O[Si](C)(C)C(C)(C)C)[C@H]1CC(=O)C(C)=C[C@@H]1CCCN1C(=O)OCC=C. The van der Waals surface area contributed by atoms with Crippen LogP contribution in [0.2, 0.25) is 18.1 Å². The number of likely N-dealkylation sites (tertiary alicyclic amines) is 2. The first kappa shape index (κ1) is 33.2. The molecule has 4 atom stereocenters. The molecule has 0 bridgehead atoms. The number of carbonyl (C=O) groups excluding carboxylic acids is 5. The van der Waals surface area contributed by atoms with Gasteiger partial charge in [-0.15, -0.1) is 0 Å². The van der Waals surface area contributed by atoms with Crippen molar-refractivity contribution < 1.29 is 37.9 Å². The van der Waals surface area contributed by atoms with Crippen LogP contribution in [0.5, 0.6) is 0 Å². The van der Waals surface area contributed by atoms with Crippen LogP contribution >= 0.6 is 0 Å². The van der Waals surface area contributed by atoms with Crippen molar-refractivity contribution in [3.63, 3.8) is 0 Å². The van der Waals surface area contributed by atoms with Gasteiger partial charge in [0.2, 0.25) is 5.91 Å². The number of β-lactam (4-membered cyclic amide) rings is 1. The average molecular weight is 577 g/mol. The first-order valence-electron chi connectivity index (χ1n) is 13.7. The number of amides is 3. The van der Waals surface area contributed by atoms with Gasteiger partial charge >= 0.3 is 18.0 Å². The molecule has 2 heterocycles. The number of ether oxygens (including phenoxy) is 2. The van der Waals surface area contributed by atoms with Crippen molar-refractivity contribution in [1.82, 2.24) is 9.80 Å². The van der Waals surface area contributed by atoms with Gasteiger partial charge in [0.1, 0.15) is 13.2 Å². The van der Waals surface area contributed by atoms with Crippen molar-refractivity contribution in [1.29, 1.82) is 0 Å². The van der Waals surface area contributed by atoms with Gasteiger partial charge in [0.05, 0.1) is 24.1 Å². The van der Waals surface area contributed by atoms with Crippen molar-refractivity contribution in [2.75, 3.05) is 19.8 Å². The molecule has 0 aromatic rings. The van der Waals surface area contributed by atoms with Gasteiger partial charge in [0, 0.05) is 13.0 Å². The molecule has 2 aliphatic rings. The highest BCUT2D eigenvalue weighted by molar-refractivity contribution is 6.74. The van der Waals surface area contributed by atoms with Crippen LogP contribution in [-0.4, -0.2) is 85.7 Å². The highest BCUT2D eigenvalue weighted by atomic mass is 28.4. The summed E-state index contributed by atoms with van der Waals surface area (Å²) in [5.74, 6) is -3.95. The van der Waals surface area contributed by atoms with E-state index < -0.39 is 50.3 Å². The van der Waals surface area contributed by atoms with E-state index in [-0.39, 0.29) is 36.5 Å². The Kier molecular flexibility index (Phi) is 11.2. The Hall–Kier alpha value is -3.05. The zero-order valence-corrected chi connectivity index (χ0v) is 25.9. The third-order valence-electron chi connectivity index (χ3n) is 7.92. The molecule has 0 aromatic heterocycles. The summed E-state index contributed by atoms with van der Waals surface area (Å²) < 4.78 is 16.5. The summed E-state index contributed by atoms with van der Waals surface area (Å²) in [6.07, 6.45) is 4.73. The number of hydrogen-bond donors (Lipinski definition) is 0. The lowest BCUT2D eigenvalue weighted by Crippen LogP contribution is -2.68. The minimum atomic E-state index is -2.29. The maximum absolute atomic E-state index is 13.4. The van der Waals surface area contributed by atoms with Crippen molar-refractivity contribution in [3.8, 4) is 0 Å². The second-order valence-corrected chi connectivity index (χ2v) is 16.6. The molecule has 2 saturated heterocycles. The molecule has 2 fully saturated rings. The number of nitrogens with zero attached hydrogens (tertiary/aromatic N) is 2. The van der Waals surface area contributed by atoms with Crippen LogP contribution in [0.25, 0.3) is 0 Å². The second kappa shape index (κ2) is 13.5. The Balaban J connectivity index is 2.28. The number of allylic oxidation sites excluding steroid dienone is 1. The minimum absolute atomic E-state index is 0.0923. The third kappa shape index (κ3) is 7.57. The summed E-state index contributed by atoms with van der Waals surface area (Å²) in [5, 5.41) is -0.122. The number of imide groups is 1. The van der Waals surface area contributed by atoms with Crippen molar-refractivity contribution in [3.05, 3.63) is 37.0 Å². The molecule has 2 rings (SSSR count). The number of ketones is 1. The maximum atomic E-state index is 13.4. The van der Waals surface area contributed by atoms with E-state index in [1.807, 2.05) is 0 Å². The first-order chi connectivity index (χ1) is 18.6. The molecule has 3 amide bonds. The number of hydrogen-bond acceptors (Lipinski definition) is 8. The topological polar surface area (TPSA) is 120 Å². The Morgan fingerprint density at radius 3 is 2.27 bits per heavy atom. The summed E-state index contributed by atoms with van der Waals surface area (Å²) >= 11 is 0. The summed E-state index contributed by atoms with van der Waals surface area (Å²) in [6, 6.07) is -1.18. The van der Waals surface area contributed by atoms with E-state index >= 15 is 0 Å². The average Bonchev–Trinajstić information content (AvgIpc) is 3.32. The fraction of sp³-hybridized carbons (Fsp3) is 0.621. The van der Waals surface area contributed by atoms with Gasteiger partial charge in [-0.05, 0) is 50.4 Å². The van der Waals surface area contributed by atoms with E-state index in [0.29, 0.717) is 18.5 Å². The highest BCUT2D eigenvalue weighted by Crippen LogP contribution is 2.41. The van der Waals surface area contributed by atoms with Crippen molar-refractivity contribution >= 4 is 38.0 Å². The van der Waals surface area contributed by atoms with Crippen molar-refractivity contribution in [2.45, 2.75) is 90.2 Å². The number of rotatable bonds is 11. The zero-order chi connectivity index (χ0) is 30.4. The first-order valence-corrected chi connectivity index (χ1v) is 16.6. The Labute approximate surface area is 238 Å². The normalized spacial score (nSPS) is 22.3. The Morgan fingerprint density at radius 1 is 1.10 bits per heavy atom. The van der Waals surface area contributed by atoms with Gasteiger partial charge in [-0.3, -0.25) is 19.3 Å². The van der Waals surface area contributed by atoms with Crippen LogP contribution in [0.3, 0.4) is 0 Å². The van der Waals surface area contributed by atoms with E-state index in [0.717, 1.165) is 11.3 Å². The predicted molar refractivity (Wildman–Crippen MR) is 153 cm³/mol. The molecule has 0 spiro atoms. The standard InChI is InChI=1S/C29H44N2O8Si/c1-10-15-37-27(35)26(34)31-22(24(25(31)33)20(4)39-40(8,9)29(5,6)7)18-23(32)19(3)17-21-13-12-14-30(21)28(36)38-16-11-2/h10-11,17,20-22,24H,1-2,12-16,18H2,3-9H3/t20-,21+,22-,24-/m1/s1. The summed E-state index contributed by atoms with van der Waals surface area (Å²) in [6.45, 7) is 21.2. The lowest BCUT2D eigenvalue weighted by Gasteiger charge is -2.49. The zero-order valence-electron chi connectivity index (χ0n) is 24.9. The van der Waals surface area contributed by atoms with Crippen LogP contribution in [0.15, 0.2) is 37.0 Å². The van der Waals surface area contributed by atoms with E-state index in [4.69, 9.17) is 13.9 Å². The largest absolute Gasteiger partial charge is 0.454 e. The quantitative estimate of drug-likeness (QED) is 0.0898. The molecule has 40 heavy (non-hydrogen) atoms. The fourth-order valence-corrected chi connectivity index (χ4v) is 6.13. The second-order valence-electron chi connectivity index (χ2n) is 11.8.